The normalized spacial score (nSPS) is 21.7. The van der Waals surface area contributed by atoms with Crippen LogP contribution in [-0.2, 0) is 6.18 Å². The Labute approximate surface area is 117 Å². The summed E-state index contributed by atoms with van der Waals surface area (Å²) in [4.78, 5) is 0. The number of hydrogen-bond acceptors (Lipinski definition) is 1. The number of halogens is 3. The fourth-order valence-electron chi connectivity index (χ4n) is 2.88. The van der Waals surface area contributed by atoms with Crippen molar-refractivity contribution in [3.8, 4) is 0 Å². The molecule has 4 heteroatoms. The van der Waals surface area contributed by atoms with Crippen LogP contribution in [0.25, 0.3) is 0 Å². The molecule has 0 aromatic heterocycles. The summed E-state index contributed by atoms with van der Waals surface area (Å²) in [5.74, 6) is 0.153. The van der Waals surface area contributed by atoms with Gasteiger partial charge in [0, 0.05) is 0 Å². The lowest BCUT2D eigenvalue weighted by molar-refractivity contribution is -0.137. The van der Waals surface area contributed by atoms with Gasteiger partial charge in [-0.05, 0) is 54.7 Å². The molecule has 0 spiro atoms. The van der Waals surface area contributed by atoms with Crippen molar-refractivity contribution < 1.29 is 18.3 Å². The Morgan fingerprint density at radius 2 is 1.60 bits per heavy atom. The molecule has 0 amide bonds. The second kappa shape index (κ2) is 5.40. The summed E-state index contributed by atoms with van der Waals surface area (Å²) in [5.41, 5.74) is 0.233. The van der Waals surface area contributed by atoms with Crippen LogP contribution in [0.15, 0.2) is 24.3 Å². The predicted octanol–water partition coefficient (Wildman–Crippen LogP) is 4.96. The van der Waals surface area contributed by atoms with Crippen molar-refractivity contribution in [1.29, 1.82) is 0 Å². The van der Waals surface area contributed by atoms with Gasteiger partial charge in [0.2, 0.25) is 0 Å². The molecule has 1 aliphatic carbocycles. The topological polar surface area (TPSA) is 20.2 Å². The minimum Gasteiger partial charge on any atom is -0.388 e. The number of rotatable bonds is 2. The second-order valence-corrected chi connectivity index (χ2v) is 6.57. The Morgan fingerprint density at radius 3 is 2.05 bits per heavy atom. The standard InChI is InChI=1S/C16H21F3O/c1-15(2)9-7-12(8-10-15)14(20)11-3-5-13(6-4-11)16(17,18)19/h3-6,12,14,20H,7-10H2,1-2H3. The van der Waals surface area contributed by atoms with Gasteiger partial charge in [0.25, 0.3) is 0 Å². The largest absolute Gasteiger partial charge is 0.416 e. The Hall–Kier alpha value is -1.03. The van der Waals surface area contributed by atoms with Crippen LogP contribution in [0.3, 0.4) is 0 Å². The summed E-state index contributed by atoms with van der Waals surface area (Å²) >= 11 is 0. The lowest BCUT2D eigenvalue weighted by Crippen LogP contribution is -2.25. The van der Waals surface area contributed by atoms with Crippen LogP contribution in [0, 0.1) is 11.3 Å². The van der Waals surface area contributed by atoms with Crippen molar-refractivity contribution in [2.75, 3.05) is 0 Å². The SMILES string of the molecule is CC1(C)CCC(C(O)c2ccc(C(F)(F)F)cc2)CC1. The second-order valence-electron chi connectivity index (χ2n) is 6.57. The van der Waals surface area contributed by atoms with Gasteiger partial charge in [-0.3, -0.25) is 0 Å². The Morgan fingerprint density at radius 1 is 1.10 bits per heavy atom. The zero-order valence-electron chi connectivity index (χ0n) is 11.9. The number of alkyl halides is 3. The molecule has 1 saturated carbocycles. The van der Waals surface area contributed by atoms with Crippen molar-refractivity contribution in [3.05, 3.63) is 35.4 Å². The summed E-state index contributed by atoms with van der Waals surface area (Å²) in [6, 6.07) is 4.89. The average Bonchev–Trinajstić information content (AvgIpc) is 2.37. The first kappa shape index (κ1) is 15.4. The molecule has 0 radical (unpaired) electrons. The van der Waals surface area contributed by atoms with E-state index < -0.39 is 17.8 Å². The van der Waals surface area contributed by atoms with E-state index in [0.717, 1.165) is 37.8 Å². The number of aliphatic hydroxyl groups excluding tert-OH is 1. The van der Waals surface area contributed by atoms with E-state index in [1.807, 2.05) is 0 Å². The molecular weight excluding hydrogens is 265 g/mol. The molecule has 1 nitrogen and oxygen atoms in total. The van der Waals surface area contributed by atoms with Gasteiger partial charge in [-0.25, -0.2) is 0 Å². The van der Waals surface area contributed by atoms with Crippen LogP contribution >= 0.6 is 0 Å². The number of aliphatic hydroxyl groups is 1. The Balaban J connectivity index is 2.05. The van der Waals surface area contributed by atoms with Gasteiger partial charge in [-0.15, -0.1) is 0 Å². The van der Waals surface area contributed by atoms with Crippen LogP contribution in [0.5, 0.6) is 0 Å². The third-order valence-corrected chi connectivity index (χ3v) is 4.41. The van der Waals surface area contributed by atoms with Crippen molar-refractivity contribution in [1.82, 2.24) is 0 Å². The maximum atomic E-state index is 12.5. The van der Waals surface area contributed by atoms with Crippen LogP contribution in [0.2, 0.25) is 0 Å². The Kier molecular flexibility index (Phi) is 4.14. The number of benzene rings is 1. The summed E-state index contributed by atoms with van der Waals surface area (Å²) in [6.07, 6.45) is -1.03. The Bertz CT molecular complexity index is 438. The lowest BCUT2D eigenvalue weighted by atomic mass is 9.71. The molecule has 1 unspecified atom stereocenters. The van der Waals surface area contributed by atoms with E-state index in [4.69, 9.17) is 0 Å². The van der Waals surface area contributed by atoms with E-state index in [1.54, 1.807) is 0 Å². The third kappa shape index (κ3) is 3.54. The molecule has 1 atom stereocenters. The van der Waals surface area contributed by atoms with Crippen LogP contribution < -0.4 is 0 Å². The first-order valence-electron chi connectivity index (χ1n) is 7.04. The zero-order chi connectivity index (χ0) is 15.0. The smallest absolute Gasteiger partial charge is 0.388 e. The van der Waals surface area contributed by atoms with E-state index in [-0.39, 0.29) is 5.92 Å². The van der Waals surface area contributed by atoms with Gasteiger partial charge in [-0.2, -0.15) is 13.2 Å². The van der Waals surface area contributed by atoms with Crippen molar-refractivity contribution in [3.63, 3.8) is 0 Å². The molecule has 1 aromatic carbocycles. The molecule has 0 heterocycles. The van der Waals surface area contributed by atoms with Crippen LogP contribution in [0.1, 0.15) is 56.8 Å². The summed E-state index contributed by atoms with van der Waals surface area (Å²) < 4.78 is 37.5. The van der Waals surface area contributed by atoms with Gasteiger partial charge in [0.05, 0.1) is 11.7 Å². The summed E-state index contributed by atoms with van der Waals surface area (Å²) in [7, 11) is 0. The first-order valence-corrected chi connectivity index (χ1v) is 7.04. The molecule has 0 aliphatic heterocycles. The first-order chi connectivity index (χ1) is 9.19. The van der Waals surface area contributed by atoms with Crippen LogP contribution in [-0.4, -0.2) is 5.11 Å². The molecule has 1 N–H and O–H groups in total. The van der Waals surface area contributed by atoms with Gasteiger partial charge in [0.1, 0.15) is 0 Å². The molecule has 2 rings (SSSR count). The molecule has 1 aromatic rings. The van der Waals surface area contributed by atoms with E-state index in [0.29, 0.717) is 11.0 Å². The van der Waals surface area contributed by atoms with Gasteiger partial charge < -0.3 is 5.11 Å². The number of hydrogen-bond donors (Lipinski definition) is 1. The molecule has 1 fully saturated rings. The molecular formula is C16H21F3O. The highest BCUT2D eigenvalue weighted by Crippen LogP contribution is 2.43. The van der Waals surface area contributed by atoms with Gasteiger partial charge >= 0.3 is 6.18 Å². The van der Waals surface area contributed by atoms with Gasteiger partial charge in [0.15, 0.2) is 0 Å². The molecule has 1 aliphatic rings. The molecule has 112 valence electrons. The van der Waals surface area contributed by atoms with E-state index in [9.17, 15) is 18.3 Å². The van der Waals surface area contributed by atoms with E-state index in [1.165, 1.54) is 12.1 Å². The highest BCUT2D eigenvalue weighted by molar-refractivity contribution is 5.26. The fraction of sp³-hybridized carbons (Fsp3) is 0.625. The third-order valence-electron chi connectivity index (χ3n) is 4.41. The fourth-order valence-corrected chi connectivity index (χ4v) is 2.88. The summed E-state index contributed by atoms with van der Waals surface area (Å²) in [6.45, 7) is 4.43. The quantitative estimate of drug-likeness (QED) is 0.815. The zero-order valence-corrected chi connectivity index (χ0v) is 11.9. The average molecular weight is 286 g/mol. The molecule has 20 heavy (non-hydrogen) atoms. The monoisotopic (exact) mass is 286 g/mol. The molecule has 0 bridgehead atoms. The lowest BCUT2D eigenvalue weighted by Gasteiger charge is -2.36. The minimum absolute atomic E-state index is 0.153. The van der Waals surface area contributed by atoms with Crippen molar-refractivity contribution in [2.24, 2.45) is 11.3 Å². The maximum Gasteiger partial charge on any atom is 0.416 e. The van der Waals surface area contributed by atoms with Gasteiger partial charge in [-0.1, -0.05) is 26.0 Å². The molecule has 0 saturated heterocycles. The van der Waals surface area contributed by atoms with E-state index in [2.05, 4.69) is 13.8 Å². The van der Waals surface area contributed by atoms with Crippen molar-refractivity contribution >= 4 is 0 Å². The van der Waals surface area contributed by atoms with Crippen molar-refractivity contribution in [2.45, 2.75) is 51.8 Å². The van der Waals surface area contributed by atoms with E-state index >= 15 is 0 Å². The highest BCUT2D eigenvalue weighted by Gasteiger charge is 2.33. The maximum absolute atomic E-state index is 12.5. The summed E-state index contributed by atoms with van der Waals surface area (Å²) in [5, 5.41) is 10.3. The van der Waals surface area contributed by atoms with Crippen LogP contribution in [0.4, 0.5) is 13.2 Å². The minimum atomic E-state index is -4.32. The predicted molar refractivity (Wildman–Crippen MR) is 72.1 cm³/mol. The highest BCUT2D eigenvalue weighted by atomic mass is 19.4.